The molecule has 0 fully saturated rings. The normalized spacial score (nSPS) is 21.4. The molecule has 0 bridgehead atoms. The minimum absolute atomic E-state index is 0.0167. The number of hydrogen-bond acceptors (Lipinski definition) is 7. The molecular weight excluding hydrogens is 448 g/mol. The van der Waals surface area contributed by atoms with Crippen molar-refractivity contribution in [2.45, 2.75) is 38.5 Å². The van der Waals surface area contributed by atoms with Gasteiger partial charge in [-0.05, 0) is 57.3 Å². The van der Waals surface area contributed by atoms with Crippen molar-refractivity contribution < 1.29 is 24.6 Å². The van der Waals surface area contributed by atoms with Crippen molar-refractivity contribution in [1.29, 1.82) is 0 Å². The number of nitrogens with zero attached hydrogens (tertiary/aromatic N) is 2. The highest BCUT2D eigenvalue weighted by molar-refractivity contribution is 6.16. The number of fused-ring (bicyclic) bond motifs is 2. The summed E-state index contributed by atoms with van der Waals surface area (Å²) in [6, 6.07) is 1.65. The standard InChI is InChI=1S/C24H31N3O5.C2H7N/c1-26(2)18-12-17(24(32)27(3)4)22(30)20-16(18)11-13-7-5-6-8-15(23(25)31)19(28)10-9-14(13)21(20)29;1-3-2/h9,12-13,28,30H,5-8,10-11H2,1-4H3,(H2,25,31);3H,1-2H3/b14-9+,19-15-;. The quantitative estimate of drug-likeness (QED) is 0.515. The van der Waals surface area contributed by atoms with E-state index in [1.54, 1.807) is 26.2 Å². The molecule has 0 spiro atoms. The Balaban J connectivity index is 0.00000137. The molecule has 35 heavy (non-hydrogen) atoms. The zero-order valence-electron chi connectivity index (χ0n) is 21.6. The summed E-state index contributed by atoms with van der Waals surface area (Å²) in [5.41, 5.74) is 7.76. The number of carbonyl (C=O) groups is 3. The van der Waals surface area contributed by atoms with Gasteiger partial charge in [0.2, 0.25) is 5.91 Å². The van der Waals surface area contributed by atoms with Crippen molar-refractivity contribution in [2.75, 3.05) is 47.2 Å². The molecule has 1 aromatic carbocycles. The number of aliphatic hydroxyl groups is 1. The molecule has 3 rings (SSSR count). The fraction of sp³-hybridized carbons (Fsp3) is 0.500. The van der Waals surface area contributed by atoms with Crippen LogP contribution in [0.4, 0.5) is 5.69 Å². The fourth-order valence-corrected chi connectivity index (χ4v) is 4.59. The minimum Gasteiger partial charge on any atom is -0.511 e. The van der Waals surface area contributed by atoms with E-state index in [0.29, 0.717) is 24.8 Å². The highest BCUT2D eigenvalue weighted by Crippen LogP contribution is 2.44. The van der Waals surface area contributed by atoms with E-state index >= 15 is 0 Å². The zero-order chi connectivity index (χ0) is 26.4. The van der Waals surface area contributed by atoms with Gasteiger partial charge >= 0.3 is 0 Å². The van der Waals surface area contributed by atoms with Crippen molar-refractivity contribution in [1.82, 2.24) is 10.2 Å². The first-order valence-corrected chi connectivity index (χ1v) is 11.8. The maximum absolute atomic E-state index is 13.6. The van der Waals surface area contributed by atoms with E-state index in [0.717, 1.165) is 24.1 Å². The Bertz CT molecular complexity index is 1060. The van der Waals surface area contributed by atoms with E-state index in [-0.39, 0.29) is 46.3 Å². The highest BCUT2D eigenvalue weighted by atomic mass is 16.3. The number of nitrogens with two attached hydrogens (primary N) is 1. The van der Waals surface area contributed by atoms with Crippen molar-refractivity contribution in [3.8, 4) is 5.75 Å². The van der Waals surface area contributed by atoms with Crippen molar-refractivity contribution in [3.63, 3.8) is 0 Å². The largest absolute Gasteiger partial charge is 0.511 e. The van der Waals surface area contributed by atoms with Gasteiger partial charge in [0.25, 0.3) is 5.91 Å². The molecule has 1 aromatic rings. The first-order valence-electron chi connectivity index (χ1n) is 11.8. The van der Waals surface area contributed by atoms with E-state index < -0.39 is 11.8 Å². The maximum atomic E-state index is 13.6. The third-order valence-electron chi connectivity index (χ3n) is 6.27. The number of rotatable bonds is 3. The van der Waals surface area contributed by atoms with Gasteiger partial charge in [0.05, 0.1) is 16.7 Å². The number of aromatic hydroxyl groups is 1. The second-order valence-corrected chi connectivity index (χ2v) is 9.37. The second-order valence-electron chi connectivity index (χ2n) is 9.37. The minimum atomic E-state index is -0.654. The van der Waals surface area contributed by atoms with E-state index in [4.69, 9.17) is 5.73 Å². The Morgan fingerprint density at radius 3 is 2.29 bits per heavy atom. The van der Waals surface area contributed by atoms with Crippen LogP contribution in [0.1, 0.15) is 58.4 Å². The van der Waals surface area contributed by atoms with Gasteiger partial charge < -0.3 is 31.1 Å². The number of nitrogens with one attached hydrogen (secondary N) is 1. The number of primary amides is 1. The molecule has 0 heterocycles. The Morgan fingerprint density at radius 1 is 1.11 bits per heavy atom. The summed E-state index contributed by atoms with van der Waals surface area (Å²) in [5, 5.41) is 24.1. The van der Waals surface area contributed by atoms with E-state index in [2.05, 4.69) is 5.32 Å². The van der Waals surface area contributed by atoms with Gasteiger partial charge in [0, 0.05) is 45.9 Å². The van der Waals surface area contributed by atoms with Crippen LogP contribution in [0.2, 0.25) is 0 Å². The van der Waals surface area contributed by atoms with Gasteiger partial charge in [-0.15, -0.1) is 0 Å². The molecule has 2 aliphatic carbocycles. The van der Waals surface area contributed by atoms with E-state index in [1.165, 1.54) is 4.90 Å². The van der Waals surface area contributed by atoms with Crippen LogP contribution in [0.15, 0.2) is 29.0 Å². The average molecular weight is 487 g/mol. The molecule has 1 atom stereocenters. The lowest BCUT2D eigenvalue weighted by atomic mass is 9.74. The third-order valence-corrected chi connectivity index (χ3v) is 6.27. The number of phenolic OH excluding ortho intramolecular Hbond substituents is 1. The van der Waals surface area contributed by atoms with Crippen LogP contribution in [0.25, 0.3) is 0 Å². The number of Topliss-reactive ketones (excluding diaryl/α,β-unsaturated/α-hetero) is 1. The summed E-state index contributed by atoms with van der Waals surface area (Å²) in [5.74, 6) is -1.92. The number of hydrogen-bond donors (Lipinski definition) is 4. The topological polar surface area (TPSA) is 136 Å². The van der Waals surface area contributed by atoms with Crippen LogP contribution >= 0.6 is 0 Å². The number of carbonyl (C=O) groups excluding carboxylic acids is 3. The van der Waals surface area contributed by atoms with Crippen LogP contribution < -0.4 is 16.0 Å². The highest BCUT2D eigenvalue weighted by Gasteiger charge is 2.36. The summed E-state index contributed by atoms with van der Waals surface area (Å²) in [7, 11) is 10.6. The summed E-state index contributed by atoms with van der Waals surface area (Å²) in [4.78, 5) is 41.2. The number of amides is 2. The van der Waals surface area contributed by atoms with Gasteiger partial charge in [-0.25, -0.2) is 0 Å². The maximum Gasteiger partial charge on any atom is 0.257 e. The number of phenols is 1. The first kappa shape index (κ1) is 27.9. The van der Waals surface area contributed by atoms with Crippen molar-refractivity contribution in [2.24, 2.45) is 11.7 Å². The summed E-state index contributed by atoms with van der Waals surface area (Å²) in [6.45, 7) is 0. The Hall–Kier alpha value is -3.33. The lowest BCUT2D eigenvalue weighted by molar-refractivity contribution is -0.114. The fourth-order valence-electron chi connectivity index (χ4n) is 4.59. The molecule has 0 radical (unpaired) electrons. The molecule has 5 N–H and O–H groups in total. The monoisotopic (exact) mass is 486 g/mol. The molecule has 2 amide bonds. The van der Waals surface area contributed by atoms with Crippen LogP contribution in [0.3, 0.4) is 0 Å². The smallest absolute Gasteiger partial charge is 0.257 e. The molecule has 2 aliphatic rings. The molecule has 9 nitrogen and oxygen atoms in total. The predicted octanol–water partition coefficient (Wildman–Crippen LogP) is 2.54. The van der Waals surface area contributed by atoms with Crippen LogP contribution in [0.5, 0.6) is 5.75 Å². The number of benzene rings is 1. The Labute approximate surface area is 207 Å². The molecule has 1 unspecified atom stereocenters. The molecule has 0 aromatic heterocycles. The summed E-state index contributed by atoms with van der Waals surface area (Å²) >= 11 is 0. The molecule has 9 heteroatoms. The van der Waals surface area contributed by atoms with Gasteiger partial charge in [-0.2, -0.15) is 0 Å². The predicted molar refractivity (Wildman–Crippen MR) is 137 cm³/mol. The molecule has 0 aliphatic heterocycles. The zero-order valence-corrected chi connectivity index (χ0v) is 21.6. The van der Waals surface area contributed by atoms with Gasteiger partial charge in [-0.1, -0.05) is 12.5 Å². The SMILES string of the molecule is CN(C)C(=O)c1cc(N(C)C)c2c(c1O)C(=O)/C1=C/C/C(O)=C(/C(N)=O)CCCCC1C2.CNC. The second kappa shape index (κ2) is 11.9. The number of allylic oxidation sites excluding steroid dienone is 2. The van der Waals surface area contributed by atoms with Crippen LogP contribution in [-0.4, -0.2) is 75.0 Å². The molecule has 0 saturated carbocycles. The molecule has 0 saturated heterocycles. The number of aliphatic hydroxyl groups excluding tert-OH is 1. The lowest BCUT2D eigenvalue weighted by Gasteiger charge is -2.32. The third kappa shape index (κ3) is 6.03. The van der Waals surface area contributed by atoms with Gasteiger partial charge in [-0.3, -0.25) is 14.4 Å². The van der Waals surface area contributed by atoms with Gasteiger partial charge in [0.15, 0.2) is 5.78 Å². The average Bonchev–Trinajstić information content (AvgIpc) is 2.77. The number of anilines is 1. The summed E-state index contributed by atoms with van der Waals surface area (Å²) < 4.78 is 0. The molecule has 192 valence electrons. The Kier molecular flexibility index (Phi) is 9.47. The lowest BCUT2D eigenvalue weighted by Crippen LogP contribution is -2.29. The van der Waals surface area contributed by atoms with Crippen LogP contribution in [-0.2, 0) is 11.2 Å². The first-order chi connectivity index (χ1) is 16.5. The Morgan fingerprint density at radius 2 is 1.74 bits per heavy atom. The van der Waals surface area contributed by atoms with Crippen molar-refractivity contribution in [3.05, 3.63) is 45.7 Å². The number of ketones is 1. The van der Waals surface area contributed by atoms with E-state index in [1.807, 2.05) is 33.1 Å². The van der Waals surface area contributed by atoms with Crippen LogP contribution in [0, 0.1) is 5.92 Å². The summed E-state index contributed by atoms with van der Waals surface area (Å²) in [6.07, 6.45) is 4.76. The van der Waals surface area contributed by atoms with Gasteiger partial charge in [0.1, 0.15) is 11.5 Å². The van der Waals surface area contributed by atoms with E-state index in [9.17, 15) is 24.6 Å². The molecular formula is C26H38N4O5. The van der Waals surface area contributed by atoms with Crippen molar-refractivity contribution >= 4 is 23.3 Å².